The van der Waals surface area contributed by atoms with E-state index in [1.807, 2.05) is 88.0 Å². The van der Waals surface area contributed by atoms with Crippen molar-refractivity contribution >= 4 is 28.6 Å². The molecule has 0 saturated carbocycles. The van der Waals surface area contributed by atoms with Crippen LogP contribution in [0.1, 0.15) is 5.56 Å². The molecule has 0 radical (unpaired) electrons. The molecule has 0 aliphatic heterocycles. The van der Waals surface area contributed by atoms with Crippen molar-refractivity contribution in [1.29, 1.82) is 0 Å². The summed E-state index contributed by atoms with van der Waals surface area (Å²) in [5.74, 6) is 1.29. The maximum Gasteiger partial charge on any atom is 0.356 e. The van der Waals surface area contributed by atoms with Crippen molar-refractivity contribution in [2.75, 3.05) is 12.3 Å². The molecule has 5 nitrogen and oxygen atoms in total. The van der Waals surface area contributed by atoms with Crippen LogP contribution in [0.25, 0.3) is 11.0 Å². The van der Waals surface area contributed by atoms with Crippen LogP contribution in [0.4, 0.5) is 5.95 Å². The summed E-state index contributed by atoms with van der Waals surface area (Å²) in [7, 11) is 0. The number of halogens is 1. The molecule has 0 aliphatic carbocycles. The number of aromatic nitrogens is 2. The van der Waals surface area contributed by atoms with Crippen LogP contribution in [0, 0.1) is 0 Å². The molecule has 3 N–H and O–H groups in total. The summed E-state index contributed by atoms with van der Waals surface area (Å²) >= 11 is 6.35. The summed E-state index contributed by atoms with van der Waals surface area (Å²) in [4.78, 5) is 0. The number of aliphatic hydroxyl groups is 1. The first-order valence-electron chi connectivity index (χ1n) is 9.49. The third kappa shape index (κ3) is 4.21. The lowest BCUT2D eigenvalue weighted by molar-refractivity contribution is -0.648. The second-order valence-electron chi connectivity index (χ2n) is 6.91. The monoisotopic (exact) mass is 408 g/mol. The Labute approximate surface area is 174 Å². The van der Waals surface area contributed by atoms with Gasteiger partial charge in [-0.05, 0) is 30.3 Å². The fourth-order valence-electron chi connectivity index (χ4n) is 3.44. The smallest absolute Gasteiger partial charge is 0.356 e. The van der Waals surface area contributed by atoms with Crippen molar-refractivity contribution in [3.8, 4) is 5.75 Å². The summed E-state index contributed by atoms with van der Waals surface area (Å²) in [6.45, 7) is 1.06. The van der Waals surface area contributed by atoms with Gasteiger partial charge in [0.25, 0.3) is 0 Å². The lowest BCUT2D eigenvalue weighted by atomic mass is 10.2. The molecule has 0 aliphatic rings. The predicted octanol–water partition coefficient (Wildman–Crippen LogP) is 3.65. The number of benzene rings is 3. The Morgan fingerprint density at radius 2 is 1.66 bits per heavy atom. The van der Waals surface area contributed by atoms with E-state index in [4.69, 9.17) is 22.1 Å². The number of ether oxygens (including phenoxy) is 1. The van der Waals surface area contributed by atoms with Gasteiger partial charge in [-0.1, -0.05) is 60.1 Å². The van der Waals surface area contributed by atoms with Gasteiger partial charge in [-0.25, -0.2) is 9.13 Å². The molecule has 3 aromatic carbocycles. The van der Waals surface area contributed by atoms with Crippen LogP contribution < -0.4 is 15.0 Å². The van der Waals surface area contributed by atoms with Crippen LogP contribution >= 0.6 is 11.6 Å². The van der Waals surface area contributed by atoms with Gasteiger partial charge in [0, 0.05) is 10.6 Å². The lowest BCUT2D eigenvalue weighted by Gasteiger charge is -2.12. The second-order valence-corrected chi connectivity index (χ2v) is 7.32. The summed E-state index contributed by atoms with van der Waals surface area (Å²) in [5.41, 5.74) is 9.43. The molecular weight excluding hydrogens is 386 g/mol. The summed E-state index contributed by atoms with van der Waals surface area (Å²) < 4.78 is 9.62. The number of nitrogens with zero attached hydrogens (tertiary/aromatic N) is 2. The maximum absolute atomic E-state index is 10.6. The summed E-state index contributed by atoms with van der Waals surface area (Å²) in [5, 5.41) is 11.3. The van der Waals surface area contributed by atoms with Gasteiger partial charge in [0.2, 0.25) is 0 Å². The van der Waals surface area contributed by atoms with Gasteiger partial charge in [-0.15, -0.1) is 0 Å². The molecule has 29 heavy (non-hydrogen) atoms. The zero-order valence-electron chi connectivity index (χ0n) is 15.9. The average Bonchev–Trinajstić information content (AvgIpc) is 3.00. The van der Waals surface area contributed by atoms with E-state index in [1.54, 1.807) is 0 Å². The highest BCUT2D eigenvalue weighted by molar-refractivity contribution is 6.31. The van der Waals surface area contributed by atoms with Crippen LogP contribution in [-0.4, -0.2) is 22.4 Å². The van der Waals surface area contributed by atoms with Crippen LogP contribution in [0.3, 0.4) is 0 Å². The number of nitrogens with two attached hydrogens (primary N) is 1. The topological polar surface area (TPSA) is 64.3 Å². The first kappa shape index (κ1) is 19.3. The Morgan fingerprint density at radius 1 is 0.966 bits per heavy atom. The summed E-state index contributed by atoms with van der Waals surface area (Å²) in [6, 6.07) is 25.1. The minimum Gasteiger partial charge on any atom is -0.491 e. The first-order chi connectivity index (χ1) is 14.1. The lowest BCUT2D eigenvalue weighted by Crippen LogP contribution is -2.38. The first-order valence-corrected chi connectivity index (χ1v) is 9.87. The van der Waals surface area contributed by atoms with Gasteiger partial charge in [-0.2, -0.15) is 0 Å². The third-order valence-corrected chi connectivity index (χ3v) is 5.25. The highest BCUT2D eigenvalue weighted by Gasteiger charge is 2.23. The molecule has 0 bridgehead atoms. The Kier molecular flexibility index (Phi) is 5.69. The van der Waals surface area contributed by atoms with Crippen molar-refractivity contribution in [3.63, 3.8) is 0 Å². The maximum atomic E-state index is 10.6. The van der Waals surface area contributed by atoms with E-state index < -0.39 is 6.10 Å². The number of hydrogen-bond acceptors (Lipinski definition) is 3. The third-order valence-electron chi connectivity index (χ3n) is 4.88. The molecule has 0 unspecified atom stereocenters. The minimum atomic E-state index is -0.706. The minimum absolute atomic E-state index is 0.181. The van der Waals surface area contributed by atoms with E-state index >= 15 is 0 Å². The van der Waals surface area contributed by atoms with Gasteiger partial charge in [0.05, 0.1) is 6.54 Å². The molecule has 0 saturated heterocycles. The van der Waals surface area contributed by atoms with Gasteiger partial charge in [-0.3, -0.25) is 5.73 Å². The largest absolute Gasteiger partial charge is 0.491 e. The number of para-hydroxylation sites is 3. The number of hydrogen-bond donors (Lipinski definition) is 2. The normalized spacial score (nSPS) is 12.2. The molecule has 0 fully saturated rings. The molecule has 0 spiro atoms. The van der Waals surface area contributed by atoms with Crippen LogP contribution in [0.15, 0.2) is 78.9 Å². The number of nitrogen functional groups attached to an aromatic ring is 1. The highest BCUT2D eigenvalue weighted by Crippen LogP contribution is 2.20. The highest BCUT2D eigenvalue weighted by atomic mass is 35.5. The predicted molar refractivity (Wildman–Crippen MR) is 115 cm³/mol. The Bertz CT molecular complexity index is 1110. The van der Waals surface area contributed by atoms with E-state index in [9.17, 15) is 5.11 Å². The molecule has 148 valence electrons. The Morgan fingerprint density at radius 3 is 2.45 bits per heavy atom. The van der Waals surface area contributed by atoms with Gasteiger partial charge < -0.3 is 9.84 Å². The van der Waals surface area contributed by atoms with Crippen molar-refractivity contribution < 1.29 is 14.4 Å². The average molecular weight is 409 g/mol. The standard InChI is InChI=1S/C23H22ClN3O2/c24-20-11-5-4-8-17(20)14-26-21-12-6-7-13-22(21)27(23(26)25)15-18(28)16-29-19-9-2-1-3-10-19/h1-13,18,25,28H,14-16H2/p+1/t18-/m0/s1. The number of rotatable bonds is 7. The van der Waals surface area contributed by atoms with E-state index in [1.165, 1.54) is 0 Å². The van der Waals surface area contributed by atoms with Gasteiger partial charge in [0.15, 0.2) is 0 Å². The van der Waals surface area contributed by atoms with Gasteiger partial charge >= 0.3 is 5.95 Å². The zero-order chi connectivity index (χ0) is 20.2. The quantitative estimate of drug-likeness (QED) is 0.459. The SMILES string of the molecule is Nc1n(C[C@H](O)COc2ccccc2)c2ccccc2[n+]1Cc1ccccc1Cl. The molecule has 1 aromatic heterocycles. The molecule has 4 rings (SSSR count). The van der Waals surface area contributed by atoms with E-state index in [0.29, 0.717) is 24.1 Å². The molecule has 1 atom stereocenters. The fourth-order valence-corrected chi connectivity index (χ4v) is 3.64. The Hall–Kier alpha value is -3.02. The zero-order valence-corrected chi connectivity index (χ0v) is 16.7. The van der Waals surface area contributed by atoms with E-state index in [0.717, 1.165) is 22.3 Å². The van der Waals surface area contributed by atoms with Crippen molar-refractivity contribution in [1.82, 2.24) is 4.57 Å². The number of aliphatic hydroxyl groups excluding tert-OH is 1. The van der Waals surface area contributed by atoms with E-state index in [-0.39, 0.29) is 6.61 Å². The van der Waals surface area contributed by atoms with E-state index in [2.05, 4.69) is 0 Å². The molecular formula is C23H23ClN3O2+. The molecule has 6 heteroatoms. The number of anilines is 1. The summed E-state index contributed by atoms with van der Waals surface area (Å²) in [6.07, 6.45) is -0.706. The molecule has 1 heterocycles. The Balaban J connectivity index is 1.59. The number of fused-ring (bicyclic) bond motifs is 1. The molecule has 0 amide bonds. The molecule has 4 aromatic rings. The van der Waals surface area contributed by atoms with Crippen molar-refractivity contribution in [3.05, 3.63) is 89.4 Å². The van der Waals surface area contributed by atoms with Crippen LogP contribution in [-0.2, 0) is 13.1 Å². The second kappa shape index (κ2) is 8.55. The fraction of sp³-hybridized carbons (Fsp3) is 0.174. The van der Waals surface area contributed by atoms with Gasteiger partial charge in [0.1, 0.15) is 36.0 Å². The van der Waals surface area contributed by atoms with Crippen LogP contribution in [0.2, 0.25) is 5.02 Å². The van der Waals surface area contributed by atoms with Crippen molar-refractivity contribution in [2.45, 2.75) is 19.2 Å². The van der Waals surface area contributed by atoms with Crippen molar-refractivity contribution in [2.24, 2.45) is 0 Å². The number of imidazole rings is 1. The van der Waals surface area contributed by atoms with Crippen LogP contribution in [0.5, 0.6) is 5.75 Å².